The maximum atomic E-state index is 13.3. The Hall–Kier alpha value is -1.85. The van der Waals surface area contributed by atoms with Crippen LogP contribution in [0.2, 0.25) is 0 Å². The highest BCUT2D eigenvalue weighted by atomic mass is 32.2. The van der Waals surface area contributed by atoms with E-state index in [1.165, 1.54) is 23.5 Å². The second-order valence-corrected chi connectivity index (χ2v) is 9.73. The van der Waals surface area contributed by atoms with E-state index >= 15 is 0 Å². The summed E-state index contributed by atoms with van der Waals surface area (Å²) in [5.41, 5.74) is -0.758. The molecule has 168 valence electrons. The third-order valence-electron chi connectivity index (χ3n) is 5.69. The van der Waals surface area contributed by atoms with Crippen LogP contribution in [0.5, 0.6) is 5.75 Å². The predicted octanol–water partition coefficient (Wildman–Crippen LogP) is 2.17. The van der Waals surface area contributed by atoms with E-state index in [4.69, 9.17) is 9.47 Å². The summed E-state index contributed by atoms with van der Waals surface area (Å²) in [5.74, 6) is -0.444. The van der Waals surface area contributed by atoms with E-state index in [1.807, 2.05) is 0 Å². The van der Waals surface area contributed by atoms with Gasteiger partial charge in [-0.05, 0) is 63.0 Å². The number of carbonyl (C=O) groups excluding carboxylic acids is 1. The van der Waals surface area contributed by atoms with Crippen LogP contribution in [0.4, 0.5) is 13.2 Å². The van der Waals surface area contributed by atoms with Gasteiger partial charge < -0.3 is 14.8 Å². The van der Waals surface area contributed by atoms with Gasteiger partial charge in [-0.15, -0.1) is 0 Å². The van der Waals surface area contributed by atoms with Gasteiger partial charge in [0.15, 0.2) is 4.75 Å². The lowest BCUT2D eigenvalue weighted by Gasteiger charge is -2.40. The Morgan fingerprint density at radius 2 is 1.70 bits per heavy atom. The van der Waals surface area contributed by atoms with Gasteiger partial charge in [0.2, 0.25) is 10.0 Å². The molecule has 0 saturated carbocycles. The van der Waals surface area contributed by atoms with E-state index in [1.54, 1.807) is 0 Å². The number of carbonyl (C=O) groups is 1. The molecule has 0 amide bonds. The third-order valence-corrected chi connectivity index (χ3v) is 8.30. The second kappa shape index (κ2) is 8.72. The number of esters is 1. The number of halogens is 3. The SMILES string of the molecule is COC(=O)C1(S(=O)(=O)N2CCC(Oc3ccc(C(F)(F)F)cc3)CC2)CCNCC1. The first-order chi connectivity index (χ1) is 14.1. The molecule has 2 saturated heterocycles. The predicted molar refractivity (Wildman–Crippen MR) is 102 cm³/mol. The highest BCUT2D eigenvalue weighted by Crippen LogP contribution is 2.35. The fraction of sp³-hybridized carbons (Fsp3) is 0.632. The molecule has 2 heterocycles. The van der Waals surface area contributed by atoms with Crippen LogP contribution in [0.1, 0.15) is 31.2 Å². The third kappa shape index (κ3) is 4.42. The van der Waals surface area contributed by atoms with E-state index in [-0.39, 0.29) is 32.0 Å². The van der Waals surface area contributed by atoms with Crippen LogP contribution in [0, 0.1) is 0 Å². The molecule has 2 aliphatic rings. The van der Waals surface area contributed by atoms with Crippen molar-refractivity contribution >= 4 is 16.0 Å². The highest BCUT2D eigenvalue weighted by molar-refractivity contribution is 7.91. The largest absolute Gasteiger partial charge is 0.490 e. The minimum absolute atomic E-state index is 0.143. The number of hydrogen-bond donors (Lipinski definition) is 1. The zero-order valence-electron chi connectivity index (χ0n) is 16.6. The summed E-state index contributed by atoms with van der Waals surface area (Å²) in [6, 6.07) is 4.42. The molecule has 1 aromatic carbocycles. The van der Waals surface area contributed by atoms with Crippen LogP contribution in [0.3, 0.4) is 0 Å². The molecule has 1 N–H and O–H groups in total. The lowest BCUT2D eigenvalue weighted by molar-refractivity contribution is -0.144. The Morgan fingerprint density at radius 1 is 1.13 bits per heavy atom. The van der Waals surface area contributed by atoms with E-state index in [0.717, 1.165) is 12.1 Å². The Balaban J connectivity index is 1.65. The van der Waals surface area contributed by atoms with Crippen molar-refractivity contribution in [3.05, 3.63) is 29.8 Å². The summed E-state index contributed by atoms with van der Waals surface area (Å²) >= 11 is 0. The second-order valence-electron chi connectivity index (χ2n) is 7.48. The first kappa shape index (κ1) is 22.8. The number of rotatable bonds is 5. The molecule has 0 radical (unpaired) electrons. The highest BCUT2D eigenvalue weighted by Gasteiger charge is 2.55. The average Bonchev–Trinajstić information content (AvgIpc) is 2.73. The molecular formula is C19H25F3N2O5S. The zero-order valence-corrected chi connectivity index (χ0v) is 17.4. The van der Waals surface area contributed by atoms with Gasteiger partial charge in [0, 0.05) is 13.1 Å². The summed E-state index contributed by atoms with van der Waals surface area (Å²) < 4.78 is 74.9. The van der Waals surface area contributed by atoms with Crippen LogP contribution in [0.15, 0.2) is 24.3 Å². The number of alkyl halides is 3. The fourth-order valence-corrected chi connectivity index (χ4v) is 6.14. The van der Waals surface area contributed by atoms with Crippen molar-refractivity contribution in [2.45, 2.75) is 42.7 Å². The van der Waals surface area contributed by atoms with Crippen molar-refractivity contribution in [2.24, 2.45) is 0 Å². The van der Waals surface area contributed by atoms with Crippen LogP contribution < -0.4 is 10.1 Å². The van der Waals surface area contributed by atoms with E-state index < -0.39 is 32.5 Å². The topological polar surface area (TPSA) is 84.9 Å². The molecule has 7 nitrogen and oxygen atoms in total. The molecule has 2 fully saturated rings. The summed E-state index contributed by atoms with van der Waals surface area (Å²) in [4.78, 5) is 12.4. The standard InChI is InChI=1S/C19H25F3N2O5S/c1-28-17(25)18(8-10-23-11-9-18)30(26,27)24-12-6-16(7-13-24)29-15-4-2-14(3-5-15)19(20,21)22/h2-5,16,23H,6-13H2,1H3. The van der Waals surface area contributed by atoms with Crippen molar-refractivity contribution in [3.63, 3.8) is 0 Å². The van der Waals surface area contributed by atoms with Crippen LogP contribution in [-0.2, 0) is 25.7 Å². The van der Waals surface area contributed by atoms with Gasteiger partial charge in [-0.1, -0.05) is 0 Å². The Kier molecular flexibility index (Phi) is 6.63. The smallest absolute Gasteiger partial charge is 0.416 e. The molecule has 1 aromatic rings. The lowest BCUT2D eigenvalue weighted by Crippen LogP contribution is -2.59. The van der Waals surface area contributed by atoms with Crippen LogP contribution >= 0.6 is 0 Å². The van der Waals surface area contributed by atoms with Gasteiger partial charge in [0.05, 0.1) is 12.7 Å². The maximum absolute atomic E-state index is 13.3. The minimum atomic E-state index is -4.41. The van der Waals surface area contributed by atoms with Gasteiger partial charge >= 0.3 is 12.1 Å². The number of sulfonamides is 1. The number of nitrogens with zero attached hydrogens (tertiary/aromatic N) is 1. The summed E-state index contributed by atoms with van der Waals surface area (Å²) in [7, 11) is -2.75. The molecule has 3 rings (SSSR count). The summed E-state index contributed by atoms with van der Waals surface area (Å²) in [6.07, 6.45) is -3.71. The lowest BCUT2D eigenvalue weighted by atomic mass is 9.97. The Morgan fingerprint density at radius 3 is 2.20 bits per heavy atom. The van der Waals surface area contributed by atoms with Crippen molar-refractivity contribution < 1.29 is 35.9 Å². The van der Waals surface area contributed by atoms with Crippen molar-refractivity contribution in [3.8, 4) is 5.75 Å². The number of ether oxygens (including phenoxy) is 2. The molecule has 30 heavy (non-hydrogen) atoms. The first-order valence-electron chi connectivity index (χ1n) is 9.73. The van der Waals surface area contributed by atoms with Gasteiger partial charge in [-0.3, -0.25) is 4.79 Å². The van der Waals surface area contributed by atoms with Gasteiger partial charge in [0.1, 0.15) is 11.9 Å². The summed E-state index contributed by atoms with van der Waals surface area (Å²) in [5, 5.41) is 3.06. The molecule has 0 unspecified atom stereocenters. The Bertz CT molecular complexity index is 844. The number of benzene rings is 1. The quantitative estimate of drug-likeness (QED) is 0.693. The van der Waals surface area contributed by atoms with Gasteiger partial charge in [-0.25, -0.2) is 12.7 Å². The zero-order chi connectivity index (χ0) is 22.0. The maximum Gasteiger partial charge on any atom is 0.416 e. The van der Waals surface area contributed by atoms with Gasteiger partial charge in [-0.2, -0.15) is 13.2 Å². The summed E-state index contributed by atoms with van der Waals surface area (Å²) in [6.45, 7) is 1.14. The fourth-order valence-electron chi connectivity index (χ4n) is 3.94. The van der Waals surface area contributed by atoms with Crippen molar-refractivity contribution in [1.29, 1.82) is 0 Å². The molecule has 0 aliphatic carbocycles. The van der Waals surface area contributed by atoms with E-state index in [2.05, 4.69) is 5.32 Å². The molecule has 0 atom stereocenters. The molecule has 0 aromatic heterocycles. The molecule has 2 aliphatic heterocycles. The molecule has 0 bridgehead atoms. The molecular weight excluding hydrogens is 425 g/mol. The van der Waals surface area contributed by atoms with Gasteiger partial charge in [0.25, 0.3) is 0 Å². The number of nitrogens with one attached hydrogen (secondary N) is 1. The Labute approximate surface area is 173 Å². The van der Waals surface area contributed by atoms with Crippen LogP contribution in [-0.4, -0.2) is 62.8 Å². The van der Waals surface area contributed by atoms with E-state index in [9.17, 15) is 26.4 Å². The number of piperidine rings is 2. The van der Waals surface area contributed by atoms with Crippen molar-refractivity contribution in [1.82, 2.24) is 9.62 Å². The number of hydrogen-bond acceptors (Lipinski definition) is 6. The molecule has 0 spiro atoms. The first-order valence-corrected chi connectivity index (χ1v) is 11.2. The average molecular weight is 450 g/mol. The minimum Gasteiger partial charge on any atom is -0.490 e. The normalized spacial score (nSPS) is 21.2. The monoisotopic (exact) mass is 450 g/mol. The van der Waals surface area contributed by atoms with Crippen molar-refractivity contribution in [2.75, 3.05) is 33.3 Å². The van der Waals surface area contributed by atoms with E-state index in [0.29, 0.717) is 31.7 Å². The number of methoxy groups -OCH3 is 1. The van der Waals surface area contributed by atoms with Crippen LogP contribution in [0.25, 0.3) is 0 Å². The molecule has 11 heteroatoms.